The highest BCUT2D eigenvalue weighted by atomic mass is 32.1. The van der Waals surface area contributed by atoms with Crippen LogP contribution in [0.1, 0.15) is 10.4 Å². The van der Waals surface area contributed by atoms with E-state index in [1.807, 2.05) is 48.0 Å². The van der Waals surface area contributed by atoms with Gasteiger partial charge in [-0.1, -0.05) is 24.3 Å². The van der Waals surface area contributed by atoms with Crippen molar-refractivity contribution in [3.05, 3.63) is 64.5 Å². The van der Waals surface area contributed by atoms with Gasteiger partial charge in [-0.25, -0.2) is 4.79 Å². The Balaban J connectivity index is 1.39. The lowest BCUT2D eigenvalue weighted by molar-refractivity contribution is -0.143. The van der Waals surface area contributed by atoms with Crippen molar-refractivity contribution in [2.75, 3.05) is 13.2 Å². The van der Waals surface area contributed by atoms with Crippen LogP contribution >= 0.6 is 11.3 Å². The standard InChI is InChI=1S/C19H18N2O3S/c22-18(13-24-19(23)8-7-15-4-3-11-25-15)20-10-9-14-12-21-17-6-2-1-5-16(14)17/h1-8,11-12,21H,9-10,13H2,(H,20,22)/b8-7+. The molecule has 6 heteroatoms. The molecule has 0 atom stereocenters. The molecular weight excluding hydrogens is 336 g/mol. The molecule has 5 nitrogen and oxygen atoms in total. The predicted octanol–water partition coefficient (Wildman–Crippen LogP) is 3.14. The van der Waals surface area contributed by atoms with Crippen molar-refractivity contribution >= 4 is 40.2 Å². The number of benzene rings is 1. The van der Waals surface area contributed by atoms with Crippen molar-refractivity contribution < 1.29 is 14.3 Å². The van der Waals surface area contributed by atoms with Gasteiger partial charge in [0.2, 0.25) is 0 Å². The molecule has 0 aliphatic rings. The molecule has 3 aromatic rings. The number of esters is 1. The van der Waals surface area contributed by atoms with E-state index >= 15 is 0 Å². The number of aromatic nitrogens is 1. The minimum absolute atomic E-state index is 0.276. The quantitative estimate of drug-likeness (QED) is 0.506. The van der Waals surface area contributed by atoms with Crippen LogP contribution < -0.4 is 5.32 Å². The third-order valence-electron chi connectivity index (χ3n) is 3.66. The molecule has 0 fully saturated rings. The lowest BCUT2D eigenvalue weighted by Gasteiger charge is -2.05. The topological polar surface area (TPSA) is 71.2 Å². The summed E-state index contributed by atoms with van der Waals surface area (Å²) in [4.78, 5) is 27.5. The van der Waals surface area contributed by atoms with Crippen molar-refractivity contribution in [3.63, 3.8) is 0 Å². The highest BCUT2D eigenvalue weighted by molar-refractivity contribution is 7.10. The lowest BCUT2D eigenvalue weighted by Crippen LogP contribution is -2.30. The molecule has 1 aromatic carbocycles. The molecule has 0 aliphatic carbocycles. The Kier molecular flexibility index (Phi) is 5.64. The Morgan fingerprint density at radius 2 is 2.08 bits per heavy atom. The first-order chi connectivity index (χ1) is 12.2. The van der Waals surface area contributed by atoms with Gasteiger partial charge in [0.25, 0.3) is 5.91 Å². The summed E-state index contributed by atoms with van der Waals surface area (Å²) in [6.07, 6.45) is 5.65. The van der Waals surface area contributed by atoms with E-state index in [0.717, 1.165) is 21.3 Å². The first-order valence-corrected chi connectivity index (χ1v) is 8.80. The monoisotopic (exact) mass is 354 g/mol. The molecule has 0 bridgehead atoms. The van der Waals surface area contributed by atoms with E-state index in [-0.39, 0.29) is 12.5 Å². The van der Waals surface area contributed by atoms with Gasteiger partial charge in [0.15, 0.2) is 6.61 Å². The summed E-state index contributed by atoms with van der Waals surface area (Å²) in [5, 5.41) is 5.84. The van der Waals surface area contributed by atoms with Crippen LogP contribution in [0.3, 0.4) is 0 Å². The lowest BCUT2D eigenvalue weighted by atomic mass is 10.1. The largest absolute Gasteiger partial charge is 0.452 e. The van der Waals surface area contributed by atoms with Crippen LogP contribution in [0.5, 0.6) is 0 Å². The maximum Gasteiger partial charge on any atom is 0.331 e. The minimum Gasteiger partial charge on any atom is -0.452 e. The van der Waals surface area contributed by atoms with Gasteiger partial charge >= 0.3 is 5.97 Å². The van der Waals surface area contributed by atoms with Gasteiger partial charge < -0.3 is 15.0 Å². The zero-order chi connectivity index (χ0) is 17.5. The summed E-state index contributed by atoms with van der Waals surface area (Å²) in [7, 11) is 0. The fourth-order valence-corrected chi connectivity index (χ4v) is 3.07. The van der Waals surface area contributed by atoms with Crippen molar-refractivity contribution in [3.8, 4) is 0 Å². The third-order valence-corrected chi connectivity index (χ3v) is 4.50. The molecule has 0 spiro atoms. The van der Waals surface area contributed by atoms with Crippen molar-refractivity contribution in [1.29, 1.82) is 0 Å². The molecule has 0 radical (unpaired) electrons. The fraction of sp³-hybridized carbons (Fsp3) is 0.158. The van der Waals surface area contributed by atoms with Crippen LogP contribution in [0, 0.1) is 0 Å². The molecular formula is C19H18N2O3S. The Morgan fingerprint density at radius 1 is 1.20 bits per heavy atom. The molecule has 1 amide bonds. The molecule has 0 unspecified atom stereocenters. The summed E-state index contributed by atoms with van der Waals surface area (Å²) in [5.74, 6) is -0.835. The molecule has 2 N–H and O–H groups in total. The Hall–Kier alpha value is -2.86. The predicted molar refractivity (Wildman–Crippen MR) is 99.3 cm³/mol. The highest BCUT2D eigenvalue weighted by Gasteiger charge is 2.06. The van der Waals surface area contributed by atoms with Gasteiger partial charge in [-0.3, -0.25) is 4.79 Å². The average Bonchev–Trinajstić information content (AvgIpc) is 3.28. The van der Waals surface area contributed by atoms with Gasteiger partial charge in [-0.05, 0) is 35.6 Å². The number of amides is 1. The molecule has 25 heavy (non-hydrogen) atoms. The zero-order valence-corrected chi connectivity index (χ0v) is 14.3. The summed E-state index contributed by atoms with van der Waals surface area (Å²) in [6.45, 7) is 0.213. The Bertz CT molecular complexity index is 881. The van der Waals surface area contributed by atoms with Gasteiger partial charge in [0, 0.05) is 34.6 Å². The summed E-state index contributed by atoms with van der Waals surface area (Å²) in [6, 6.07) is 11.8. The number of fused-ring (bicyclic) bond motifs is 1. The number of hydrogen-bond donors (Lipinski definition) is 2. The van der Waals surface area contributed by atoms with Gasteiger partial charge in [0.05, 0.1) is 0 Å². The van der Waals surface area contributed by atoms with Crippen LogP contribution in [0.25, 0.3) is 17.0 Å². The number of nitrogens with one attached hydrogen (secondary N) is 2. The van der Waals surface area contributed by atoms with E-state index in [1.54, 1.807) is 6.08 Å². The number of hydrogen-bond acceptors (Lipinski definition) is 4. The summed E-state index contributed by atoms with van der Waals surface area (Å²) >= 11 is 1.52. The van der Waals surface area contributed by atoms with Crippen molar-refractivity contribution in [2.45, 2.75) is 6.42 Å². The van der Waals surface area contributed by atoms with Crippen LogP contribution in [0.15, 0.2) is 54.1 Å². The number of aromatic amines is 1. The van der Waals surface area contributed by atoms with Gasteiger partial charge in [0.1, 0.15) is 0 Å². The average molecular weight is 354 g/mol. The zero-order valence-electron chi connectivity index (χ0n) is 13.5. The molecule has 0 saturated carbocycles. The minimum atomic E-state index is -0.528. The van der Waals surface area contributed by atoms with Crippen LogP contribution in [0.4, 0.5) is 0 Å². The second-order valence-corrected chi connectivity index (χ2v) is 6.40. The smallest absolute Gasteiger partial charge is 0.331 e. The number of carbonyl (C=O) groups excluding carboxylic acids is 2. The van der Waals surface area contributed by atoms with E-state index in [1.165, 1.54) is 17.4 Å². The number of ether oxygens (including phenoxy) is 1. The maximum atomic E-state index is 11.8. The van der Waals surface area contributed by atoms with E-state index < -0.39 is 5.97 Å². The first-order valence-electron chi connectivity index (χ1n) is 7.92. The maximum absolute atomic E-state index is 11.8. The van der Waals surface area contributed by atoms with E-state index in [2.05, 4.69) is 10.3 Å². The van der Waals surface area contributed by atoms with Crippen LogP contribution in [-0.2, 0) is 20.7 Å². The van der Waals surface area contributed by atoms with E-state index in [4.69, 9.17) is 4.74 Å². The molecule has 0 saturated heterocycles. The number of rotatable bonds is 7. The SMILES string of the molecule is O=C(COC(=O)/C=C/c1cccs1)NCCc1c[nH]c2ccccc12. The van der Waals surface area contributed by atoms with Gasteiger partial charge in [-0.15, -0.1) is 11.3 Å². The van der Waals surface area contributed by atoms with Crippen molar-refractivity contribution in [2.24, 2.45) is 0 Å². The number of H-pyrrole nitrogens is 1. The second kappa shape index (κ2) is 8.30. The normalized spacial score (nSPS) is 11.0. The second-order valence-electron chi connectivity index (χ2n) is 5.42. The third kappa shape index (κ3) is 4.81. The highest BCUT2D eigenvalue weighted by Crippen LogP contribution is 2.17. The van der Waals surface area contributed by atoms with E-state index in [9.17, 15) is 9.59 Å². The fourth-order valence-electron chi connectivity index (χ4n) is 2.45. The van der Waals surface area contributed by atoms with Crippen molar-refractivity contribution in [1.82, 2.24) is 10.3 Å². The molecule has 2 aromatic heterocycles. The number of thiophene rings is 1. The molecule has 128 valence electrons. The first kappa shape index (κ1) is 17.0. The number of carbonyl (C=O) groups is 2. The molecule has 0 aliphatic heterocycles. The summed E-state index contributed by atoms with van der Waals surface area (Å²) in [5.41, 5.74) is 2.22. The summed E-state index contributed by atoms with van der Waals surface area (Å²) < 4.78 is 4.92. The molecule has 3 rings (SSSR count). The van der Waals surface area contributed by atoms with Crippen LogP contribution in [-0.4, -0.2) is 30.0 Å². The Labute approximate surface area is 149 Å². The molecule has 2 heterocycles. The van der Waals surface area contributed by atoms with Gasteiger partial charge in [-0.2, -0.15) is 0 Å². The number of para-hydroxylation sites is 1. The Morgan fingerprint density at radius 3 is 2.92 bits per heavy atom. The van der Waals surface area contributed by atoms with E-state index in [0.29, 0.717) is 13.0 Å². The van der Waals surface area contributed by atoms with Crippen LogP contribution in [0.2, 0.25) is 0 Å².